The van der Waals surface area contributed by atoms with Gasteiger partial charge in [0.05, 0.1) is 19.3 Å². The Morgan fingerprint density at radius 1 is 1.15 bits per heavy atom. The third-order valence-corrected chi connectivity index (χ3v) is 3.05. The highest BCUT2D eigenvalue weighted by molar-refractivity contribution is 5.67. The van der Waals surface area contributed by atoms with Crippen LogP contribution in [0.3, 0.4) is 0 Å². The molecule has 0 fully saturated rings. The maximum atomic E-state index is 5.38. The molecule has 6 nitrogen and oxygen atoms in total. The average Bonchev–Trinajstić information content (AvgIpc) is 2.90. The molecule has 0 radical (unpaired) electrons. The summed E-state index contributed by atoms with van der Waals surface area (Å²) >= 11 is 0. The highest BCUT2D eigenvalue weighted by Crippen LogP contribution is 2.27. The predicted octanol–water partition coefficient (Wildman–Crippen LogP) is 1.52. The Morgan fingerprint density at radius 2 is 2.00 bits per heavy atom. The first-order valence-electron chi connectivity index (χ1n) is 6.33. The van der Waals surface area contributed by atoms with Crippen molar-refractivity contribution in [3.05, 3.63) is 42.2 Å². The Bertz CT molecular complexity index is 737. The van der Waals surface area contributed by atoms with Gasteiger partial charge in [-0.05, 0) is 31.3 Å². The Balaban J connectivity index is 2.14. The lowest BCUT2D eigenvalue weighted by Gasteiger charge is -2.07. The van der Waals surface area contributed by atoms with Crippen LogP contribution in [0.4, 0.5) is 0 Å². The van der Waals surface area contributed by atoms with Crippen molar-refractivity contribution in [3.63, 3.8) is 0 Å². The largest absolute Gasteiger partial charge is 0.496 e. The number of nitrogens with zero attached hydrogens (tertiary/aromatic N) is 4. The minimum absolute atomic E-state index is 0.615. The molecule has 1 N–H and O–H groups in total. The van der Waals surface area contributed by atoms with Crippen LogP contribution in [0.1, 0.15) is 5.82 Å². The molecule has 0 aliphatic rings. The molecule has 2 aromatic heterocycles. The van der Waals surface area contributed by atoms with Gasteiger partial charge in [0.25, 0.3) is 0 Å². The van der Waals surface area contributed by atoms with E-state index in [1.54, 1.807) is 11.6 Å². The Hall–Kier alpha value is -2.47. The van der Waals surface area contributed by atoms with Crippen molar-refractivity contribution in [3.8, 4) is 17.0 Å². The van der Waals surface area contributed by atoms with E-state index in [0.29, 0.717) is 6.54 Å². The monoisotopic (exact) mass is 269 g/mol. The van der Waals surface area contributed by atoms with E-state index in [2.05, 4.69) is 20.6 Å². The molecule has 3 rings (SSSR count). The molecule has 6 heteroatoms. The highest BCUT2D eigenvalue weighted by Gasteiger charge is 2.10. The van der Waals surface area contributed by atoms with Crippen molar-refractivity contribution >= 4 is 5.65 Å². The van der Waals surface area contributed by atoms with E-state index < -0.39 is 0 Å². The van der Waals surface area contributed by atoms with E-state index in [-0.39, 0.29) is 0 Å². The minimum atomic E-state index is 0.615. The second kappa shape index (κ2) is 5.26. The van der Waals surface area contributed by atoms with Crippen LogP contribution < -0.4 is 10.1 Å². The summed E-state index contributed by atoms with van der Waals surface area (Å²) in [4.78, 5) is 0. The van der Waals surface area contributed by atoms with Gasteiger partial charge in [0.1, 0.15) is 5.75 Å². The fourth-order valence-electron chi connectivity index (χ4n) is 2.10. The summed E-state index contributed by atoms with van der Waals surface area (Å²) in [6, 6.07) is 11.6. The second-order valence-corrected chi connectivity index (χ2v) is 4.34. The lowest BCUT2D eigenvalue weighted by molar-refractivity contribution is 0.416. The molecule has 0 amide bonds. The molecule has 2 heterocycles. The smallest absolute Gasteiger partial charge is 0.177 e. The Morgan fingerprint density at radius 3 is 2.80 bits per heavy atom. The van der Waals surface area contributed by atoms with Crippen molar-refractivity contribution in [2.75, 3.05) is 14.2 Å². The van der Waals surface area contributed by atoms with Gasteiger partial charge in [-0.25, -0.2) is 0 Å². The van der Waals surface area contributed by atoms with Gasteiger partial charge in [0, 0.05) is 5.56 Å². The number of nitrogens with one attached hydrogen (secondary N) is 1. The Labute approximate surface area is 116 Å². The quantitative estimate of drug-likeness (QED) is 0.778. The number of hydrogen-bond acceptors (Lipinski definition) is 5. The number of methoxy groups -OCH3 is 1. The van der Waals surface area contributed by atoms with Crippen LogP contribution in [-0.2, 0) is 6.54 Å². The molecule has 102 valence electrons. The van der Waals surface area contributed by atoms with Crippen molar-refractivity contribution in [1.29, 1.82) is 0 Å². The van der Waals surface area contributed by atoms with E-state index in [9.17, 15) is 0 Å². The number of fused-ring (bicyclic) bond motifs is 1. The van der Waals surface area contributed by atoms with Crippen molar-refractivity contribution in [1.82, 2.24) is 25.1 Å². The lowest BCUT2D eigenvalue weighted by Crippen LogP contribution is -2.10. The molecule has 0 aliphatic carbocycles. The highest BCUT2D eigenvalue weighted by atomic mass is 16.5. The third kappa shape index (κ3) is 2.10. The molecule has 0 spiro atoms. The Kier molecular flexibility index (Phi) is 3.30. The molecule has 0 atom stereocenters. The number of ether oxygens (including phenoxy) is 1. The van der Waals surface area contributed by atoms with Gasteiger partial charge in [-0.1, -0.05) is 12.1 Å². The van der Waals surface area contributed by atoms with E-state index in [1.807, 2.05) is 43.4 Å². The van der Waals surface area contributed by atoms with Crippen molar-refractivity contribution in [2.45, 2.75) is 6.54 Å². The number of benzene rings is 1. The van der Waals surface area contributed by atoms with Gasteiger partial charge in [-0.3, -0.25) is 0 Å². The molecule has 0 unspecified atom stereocenters. The van der Waals surface area contributed by atoms with E-state index in [0.717, 1.165) is 28.5 Å². The first kappa shape index (κ1) is 12.6. The lowest BCUT2D eigenvalue weighted by atomic mass is 10.1. The minimum Gasteiger partial charge on any atom is -0.496 e. The van der Waals surface area contributed by atoms with Gasteiger partial charge in [-0.15, -0.1) is 10.2 Å². The van der Waals surface area contributed by atoms with Crippen LogP contribution in [0.15, 0.2) is 36.4 Å². The predicted molar refractivity (Wildman–Crippen MR) is 75.5 cm³/mol. The summed E-state index contributed by atoms with van der Waals surface area (Å²) in [5, 5.41) is 15.9. The fraction of sp³-hybridized carbons (Fsp3) is 0.214. The van der Waals surface area contributed by atoms with Crippen LogP contribution in [-0.4, -0.2) is 34.0 Å². The normalized spacial score (nSPS) is 10.9. The maximum Gasteiger partial charge on any atom is 0.177 e. The average molecular weight is 269 g/mol. The molecule has 0 saturated carbocycles. The van der Waals surface area contributed by atoms with E-state index in [1.165, 1.54) is 0 Å². The third-order valence-electron chi connectivity index (χ3n) is 3.05. The van der Waals surface area contributed by atoms with Crippen molar-refractivity contribution in [2.24, 2.45) is 0 Å². The molecule has 1 aromatic carbocycles. The maximum absolute atomic E-state index is 5.38. The van der Waals surface area contributed by atoms with Gasteiger partial charge in [0.2, 0.25) is 0 Å². The summed E-state index contributed by atoms with van der Waals surface area (Å²) in [7, 11) is 3.52. The number of aromatic nitrogens is 4. The zero-order valence-corrected chi connectivity index (χ0v) is 11.4. The van der Waals surface area contributed by atoms with Crippen LogP contribution >= 0.6 is 0 Å². The second-order valence-electron chi connectivity index (χ2n) is 4.34. The van der Waals surface area contributed by atoms with Gasteiger partial charge in [-0.2, -0.15) is 9.61 Å². The standard InChI is InChI=1S/C14H15N5O/c1-15-9-14-17-16-13-8-7-11(18-19(13)14)10-5-3-4-6-12(10)20-2/h3-8,15H,9H2,1-2H3. The summed E-state index contributed by atoms with van der Waals surface area (Å²) < 4.78 is 7.13. The first-order chi connectivity index (χ1) is 9.83. The zero-order chi connectivity index (χ0) is 13.9. The van der Waals surface area contributed by atoms with E-state index in [4.69, 9.17) is 4.74 Å². The topological polar surface area (TPSA) is 64.3 Å². The molecule has 0 aliphatic heterocycles. The summed E-state index contributed by atoms with van der Waals surface area (Å²) in [6.45, 7) is 0.615. The SMILES string of the molecule is CNCc1nnc2ccc(-c3ccccc3OC)nn12. The van der Waals surface area contributed by atoms with Gasteiger partial charge >= 0.3 is 0 Å². The summed E-state index contributed by atoms with van der Waals surface area (Å²) in [5.74, 6) is 1.57. The zero-order valence-electron chi connectivity index (χ0n) is 11.4. The van der Waals surface area contributed by atoms with Crippen LogP contribution in [0, 0.1) is 0 Å². The molecule has 0 saturated heterocycles. The van der Waals surface area contributed by atoms with Crippen molar-refractivity contribution < 1.29 is 4.74 Å². The van der Waals surface area contributed by atoms with Gasteiger partial charge in [0.15, 0.2) is 11.5 Å². The number of hydrogen-bond donors (Lipinski definition) is 1. The molecule has 20 heavy (non-hydrogen) atoms. The molecular weight excluding hydrogens is 254 g/mol. The molecule has 0 bridgehead atoms. The van der Waals surface area contributed by atoms with Gasteiger partial charge < -0.3 is 10.1 Å². The number of para-hydroxylation sites is 1. The summed E-state index contributed by atoms with van der Waals surface area (Å²) in [6.07, 6.45) is 0. The fourth-order valence-corrected chi connectivity index (χ4v) is 2.10. The van der Waals surface area contributed by atoms with E-state index >= 15 is 0 Å². The van der Waals surface area contributed by atoms with Crippen LogP contribution in [0.25, 0.3) is 16.9 Å². The first-order valence-corrected chi connectivity index (χ1v) is 6.33. The summed E-state index contributed by atoms with van der Waals surface area (Å²) in [5.41, 5.74) is 2.50. The number of rotatable bonds is 4. The van der Waals surface area contributed by atoms with Crippen LogP contribution in [0.2, 0.25) is 0 Å². The van der Waals surface area contributed by atoms with Crippen LogP contribution in [0.5, 0.6) is 5.75 Å². The molecular formula is C14H15N5O. The molecule has 3 aromatic rings.